The molecule has 0 unspecified atom stereocenters. The van der Waals surface area contributed by atoms with Gasteiger partial charge in [-0.25, -0.2) is 4.79 Å². The number of carbonyl (C=O) groups is 1. The van der Waals surface area contributed by atoms with Gasteiger partial charge in [0, 0.05) is 37.3 Å². The lowest BCUT2D eigenvalue weighted by atomic mass is 10.1. The van der Waals surface area contributed by atoms with Gasteiger partial charge in [-0.15, -0.1) is 0 Å². The second kappa shape index (κ2) is 9.84. The van der Waals surface area contributed by atoms with Gasteiger partial charge in [0.25, 0.3) is 0 Å². The van der Waals surface area contributed by atoms with Crippen molar-refractivity contribution in [1.82, 2.24) is 24.9 Å². The summed E-state index contributed by atoms with van der Waals surface area (Å²) in [5, 5.41) is 7.05. The van der Waals surface area contributed by atoms with Crippen molar-refractivity contribution >= 4 is 11.7 Å². The number of nitrogens with one attached hydrogen (secondary N) is 1. The molecule has 1 fully saturated rings. The summed E-state index contributed by atoms with van der Waals surface area (Å²) < 4.78 is 5.44. The number of carbonyl (C=O) groups excluding carboxylic acids is 1. The van der Waals surface area contributed by atoms with Gasteiger partial charge in [0.15, 0.2) is 0 Å². The first kappa shape index (κ1) is 21.8. The fourth-order valence-corrected chi connectivity index (χ4v) is 3.89. The van der Waals surface area contributed by atoms with Gasteiger partial charge in [0.1, 0.15) is 0 Å². The van der Waals surface area contributed by atoms with E-state index in [-0.39, 0.29) is 6.03 Å². The lowest BCUT2D eigenvalue weighted by Gasteiger charge is -2.33. The van der Waals surface area contributed by atoms with Crippen LogP contribution < -0.4 is 5.32 Å². The number of pyridine rings is 1. The second-order valence-electron chi connectivity index (χ2n) is 8.37. The molecule has 2 aromatic carbocycles. The number of hydrogen-bond donors (Lipinski definition) is 1. The third kappa shape index (κ3) is 5.13. The monoisotopic (exact) mass is 454 g/mol. The maximum atomic E-state index is 12.7. The summed E-state index contributed by atoms with van der Waals surface area (Å²) in [5.74, 6) is 1.18. The van der Waals surface area contributed by atoms with E-state index in [0.29, 0.717) is 37.0 Å². The van der Waals surface area contributed by atoms with E-state index in [4.69, 9.17) is 4.52 Å². The normalized spacial score (nSPS) is 14.2. The van der Waals surface area contributed by atoms with Gasteiger partial charge in [0.2, 0.25) is 11.7 Å². The highest BCUT2D eigenvalue weighted by Gasteiger charge is 2.23. The van der Waals surface area contributed by atoms with Crippen molar-refractivity contribution in [2.75, 3.05) is 31.5 Å². The van der Waals surface area contributed by atoms with Gasteiger partial charge in [-0.05, 0) is 19.1 Å². The standard InChI is InChI=1S/C26H26N6O2/c1-19-7-9-21(10-8-19)25-29-24(34-30-25)18-31-13-15-32(16-14-31)26(33)28-22-11-12-23(27-17-22)20-5-3-2-4-6-20/h2-12,17H,13-16,18H2,1H3,(H,28,33). The number of amides is 2. The number of nitrogens with zero attached hydrogens (tertiary/aromatic N) is 5. The minimum Gasteiger partial charge on any atom is -0.338 e. The molecule has 2 aromatic heterocycles. The van der Waals surface area contributed by atoms with Crippen LogP contribution in [-0.4, -0.2) is 57.1 Å². The van der Waals surface area contributed by atoms with Crippen LogP contribution in [0.3, 0.4) is 0 Å². The molecule has 1 aliphatic heterocycles. The number of piperazine rings is 1. The minimum atomic E-state index is -0.117. The molecule has 1 saturated heterocycles. The highest BCUT2D eigenvalue weighted by molar-refractivity contribution is 5.89. The zero-order valence-electron chi connectivity index (χ0n) is 19.0. The highest BCUT2D eigenvalue weighted by atomic mass is 16.5. The van der Waals surface area contributed by atoms with E-state index in [1.807, 2.05) is 78.6 Å². The Hall–Kier alpha value is -4.04. The number of anilines is 1. The average Bonchev–Trinajstić information content (AvgIpc) is 3.34. The first-order valence-electron chi connectivity index (χ1n) is 11.3. The summed E-state index contributed by atoms with van der Waals surface area (Å²) in [6.07, 6.45) is 1.69. The topological polar surface area (TPSA) is 87.4 Å². The molecule has 8 heteroatoms. The van der Waals surface area contributed by atoms with Crippen molar-refractivity contribution in [3.8, 4) is 22.6 Å². The Morgan fingerprint density at radius 1 is 0.941 bits per heavy atom. The van der Waals surface area contributed by atoms with Crippen LogP contribution in [0.1, 0.15) is 11.5 Å². The molecule has 2 amide bonds. The minimum absolute atomic E-state index is 0.117. The van der Waals surface area contributed by atoms with Gasteiger partial charge < -0.3 is 14.7 Å². The molecule has 0 aliphatic carbocycles. The molecule has 0 atom stereocenters. The molecule has 3 heterocycles. The SMILES string of the molecule is Cc1ccc(-c2noc(CN3CCN(C(=O)Nc4ccc(-c5ccccc5)nc4)CC3)n2)cc1. The van der Waals surface area contributed by atoms with Crippen LogP contribution in [-0.2, 0) is 6.54 Å². The fraction of sp³-hybridized carbons (Fsp3) is 0.231. The molecule has 0 bridgehead atoms. The van der Waals surface area contributed by atoms with Crippen LogP contribution in [0.2, 0.25) is 0 Å². The van der Waals surface area contributed by atoms with Crippen molar-refractivity contribution in [3.05, 3.63) is 84.4 Å². The third-order valence-electron chi connectivity index (χ3n) is 5.88. The summed E-state index contributed by atoms with van der Waals surface area (Å²) in [6, 6.07) is 21.7. The Balaban J connectivity index is 1.11. The van der Waals surface area contributed by atoms with Crippen molar-refractivity contribution in [2.24, 2.45) is 0 Å². The molecule has 34 heavy (non-hydrogen) atoms. The molecule has 0 saturated carbocycles. The van der Waals surface area contributed by atoms with Crippen LogP contribution >= 0.6 is 0 Å². The molecule has 1 aliphatic rings. The Morgan fingerprint density at radius 3 is 2.41 bits per heavy atom. The molecule has 4 aromatic rings. The van der Waals surface area contributed by atoms with Crippen LogP contribution in [0, 0.1) is 6.92 Å². The molecule has 0 spiro atoms. The summed E-state index contributed by atoms with van der Waals surface area (Å²) in [4.78, 5) is 25.7. The molecule has 5 rings (SSSR count). The molecular formula is C26H26N6O2. The number of urea groups is 1. The second-order valence-corrected chi connectivity index (χ2v) is 8.37. The first-order valence-corrected chi connectivity index (χ1v) is 11.3. The Kier molecular flexibility index (Phi) is 6.31. The summed E-state index contributed by atoms with van der Waals surface area (Å²) in [6.45, 7) is 5.34. The van der Waals surface area contributed by atoms with Crippen LogP contribution in [0.5, 0.6) is 0 Å². The predicted octanol–water partition coefficient (Wildman–Crippen LogP) is 4.46. The number of aryl methyl sites for hydroxylation is 1. The average molecular weight is 455 g/mol. The quantitative estimate of drug-likeness (QED) is 0.479. The highest BCUT2D eigenvalue weighted by Crippen LogP contribution is 2.19. The van der Waals surface area contributed by atoms with Crippen LogP contribution in [0.4, 0.5) is 10.5 Å². The maximum Gasteiger partial charge on any atom is 0.321 e. The first-order chi connectivity index (χ1) is 16.6. The third-order valence-corrected chi connectivity index (χ3v) is 5.88. The van der Waals surface area contributed by atoms with E-state index in [1.165, 1.54) is 5.56 Å². The Morgan fingerprint density at radius 2 is 1.71 bits per heavy atom. The van der Waals surface area contributed by atoms with Crippen LogP contribution in [0.25, 0.3) is 22.6 Å². The number of aromatic nitrogens is 3. The van der Waals surface area contributed by atoms with E-state index in [9.17, 15) is 4.79 Å². The molecular weight excluding hydrogens is 428 g/mol. The Labute approximate surface area is 198 Å². The van der Waals surface area contributed by atoms with Gasteiger partial charge in [-0.3, -0.25) is 9.88 Å². The van der Waals surface area contributed by atoms with Gasteiger partial charge in [-0.2, -0.15) is 4.98 Å². The molecule has 8 nitrogen and oxygen atoms in total. The predicted molar refractivity (Wildman–Crippen MR) is 130 cm³/mol. The molecule has 172 valence electrons. The maximum absolute atomic E-state index is 12.7. The zero-order valence-corrected chi connectivity index (χ0v) is 19.0. The largest absolute Gasteiger partial charge is 0.338 e. The van der Waals surface area contributed by atoms with Gasteiger partial charge >= 0.3 is 6.03 Å². The summed E-state index contributed by atoms with van der Waals surface area (Å²) >= 11 is 0. The number of hydrogen-bond acceptors (Lipinski definition) is 6. The molecule has 1 N–H and O–H groups in total. The lowest BCUT2D eigenvalue weighted by Crippen LogP contribution is -2.49. The van der Waals surface area contributed by atoms with E-state index in [1.54, 1.807) is 6.20 Å². The van der Waals surface area contributed by atoms with Crippen molar-refractivity contribution in [2.45, 2.75) is 13.5 Å². The van der Waals surface area contributed by atoms with Crippen molar-refractivity contribution in [1.29, 1.82) is 0 Å². The Bertz CT molecular complexity index is 1230. The van der Waals surface area contributed by atoms with E-state index >= 15 is 0 Å². The van der Waals surface area contributed by atoms with Crippen LogP contribution in [0.15, 0.2) is 77.4 Å². The van der Waals surface area contributed by atoms with Gasteiger partial charge in [0.05, 0.1) is 24.1 Å². The van der Waals surface area contributed by atoms with Crippen molar-refractivity contribution in [3.63, 3.8) is 0 Å². The fourth-order valence-electron chi connectivity index (χ4n) is 3.89. The van der Waals surface area contributed by atoms with Crippen molar-refractivity contribution < 1.29 is 9.32 Å². The number of benzene rings is 2. The summed E-state index contributed by atoms with van der Waals surface area (Å²) in [5.41, 5.74) is 4.73. The number of rotatable bonds is 5. The van der Waals surface area contributed by atoms with E-state index in [0.717, 1.165) is 29.9 Å². The van der Waals surface area contributed by atoms with Gasteiger partial charge in [-0.1, -0.05) is 65.3 Å². The van der Waals surface area contributed by atoms with E-state index in [2.05, 4.69) is 25.3 Å². The summed E-state index contributed by atoms with van der Waals surface area (Å²) in [7, 11) is 0. The smallest absolute Gasteiger partial charge is 0.321 e. The van der Waals surface area contributed by atoms with E-state index < -0.39 is 0 Å². The zero-order chi connectivity index (χ0) is 23.3. The lowest BCUT2D eigenvalue weighted by molar-refractivity contribution is 0.133. The molecule has 0 radical (unpaired) electrons.